The fourth-order valence-electron chi connectivity index (χ4n) is 2.26. The molecule has 0 unspecified atom stereocenters. The van der Waals surface area contributed by atoms with Crippen molar-refractivity contribution < 1.29 is 0 Å². The van der Waals surface area contributed by atoms with Crippen LogP contribution >= 0.6 is 47.6 Å². The van der Waals surface area contributed by atoms with Crippen molar-refractivity contribution in [2.24, 2.45) is 4.99 Å². The van der Waals surface area contributed by atoms with Gasteiger partial charge in [-0.2, -0.15) is 0 Å². The van der Waals surface area contributed by atoms with E-state index in [-0.39, 0.29) is 0 Å². The van der Waals surface area contributed by atoms with Crippen LogP contribution in [0.15, 0.2) is 94.8 Å². The number of nitrogens with zero attached hydrogens (tertiary/aromatic N) is 1. The summed E-state index contributed by atoms with van der Waals surface area (Å²) in [5.41, 5.74) is 1.69. The van der Waals surface area contributed by atoms with E-state index in [2.05, 4.69) is 17.6 Å². The Balaban J connectivity index is 2.02. The van der Waals surface area contributed by atoms with Gasteiger partial charge in [0, 0.05) is 15.4 Å². The minimum atomic E-state index is 0.518. The summed E-state index contributed by atoms with van der Waals surface area (Å²) >= 11 is 18.8. The van der Waals surface area contributed by atoms with Crippen LogP contribution in [0.4, 0.5) is 5.69 Å². The van der Waals surface area contributed by atoms with Gasteiger partial charge in [-0.3, -0.25) is 0 Å². The Morgan fingerprint density at radius 3 is 2.19 bits per heavy atom. The zero-order chi connectivity index (χ0) is 18.4. The van der Waals surface area contributed by atoms with Crippen LogP contribution in [0.25, 0.3) is 4.91 Å². The number of halogens is 2. The van der Waals surface area contributed by atoms with Crippen molar-refractivity contribution in [3.8, 4) is 0 Å². The third-order valence-corrected chi connectivity index (χ3v) is 5.56. The van der Waals surface area contributed by atoms with E-state index in [1.807, 2.05) is 78.9 Å². The van der Waals surface area contributed by atoms with Crippen molar-refractivity contribution in [2.45, 2.75) is 4.90 Å². The second-order valence-corrected chi connectivity index (χ2v) is 7.69. The second kappa shape index (κ2) is 9.33. The zero-order valence-electron chi connectivity index (χ0n) is 13.6. The van der Waals surface area contributed by atoms with Gasteiger partial charge in [-0.05, 0) is 36.4 Å². The molecule has 0 heterocycles. The Bertz CT molecular complexity index is 939. The maximum absolute atomic E-state index is 6.45. The standard InChI is InChI=1S/C21H15Cl2NS2/c22-18-13-7-12-17(21(18)23)19(26-16-10-5-2-6-11-16)14-20(25)24-15-8-3-1-4-9-15/h1-14H,(H,24,25). The lowest BCUT2D eigenvalue weighted by atomic mass is 10.2. The molecule has 5 heteroatoms. The van der Waals surface area contributed by atoms with Crippen molar-refractivity contribution in [1.82, 2.24) is 0 Å². The Morgan fingerprint density at radius 1 is 0.846 bits per heavy atom. The predicted molar refractivity (Wildman–Crippen MR) is 119 cm³/mol. The SMILES string of the molecule is SC(C=C(Sc1ccccc1)c1cccc(Cl)c1Cl)=Nc1ccccc1. The van der Waals surface area contributed by atoms with Crippen LogP contribution < -0.4 is 0 Å². The minimum Gasteiger partial charge on any atom is -0.242 e. The summed E-state index contributed by atoms with van der Waals surface area (Å²) in [4.78, 5) is 6.55. The lowest BCUT2D eigenvalue weighted by Crippen LogP contribution is -1.88. The number of aliphatic imine (C=N–C) groups is 1. The molecular formula is C21H15Cl2NS2. The molecule has 3 rings (SSSR count). The Hall–Kier alpha value is -1.65. The summed E-state index contributed by atoms with van der Waals surface area (Å²) in [7, 11) is 0. The van der Waals surface area contributed by atoms with Crippen LogP contribution in [-0.2, 0) is 0 Å². The van der Waals surface area contributed by atoms with Crippen LogP contribution in [0.1, 0.15) is 5.56 Å². The molecule has 0 aromatic heterocycles. The van der Waals surface area contributed by atoms with E-state index in [9.17, 15) is 0 Å². The highest BCUT2D eigenvalue weighted by Gasteiger charge is 2.12. The summed E-state index contributed by atoms with van der Waals surface area (Å²) in [5, 5.41) is 1.62. The maximum Gasteiger partial charge on any atom is 0.0948 e. The zero-order valence-corrected chi connectivity index (χ0v) is 16.9. The highest BCUT2D eigenvalue weighted by Crippen LogP contribution is 2.40. The molecule has 3 aromatic rings. The quantitative estimate of drug-likeness (QED) is 0.194. The van der Waals surface area contributed by atoms with Crippen LogP contribution in [0.3, 0.4) is 0 Å². The fourth-order valence-corrected chi connectivity index (χ4v) is 4.04. The molecule has 0 radical (unpaired) electrons. The summed E-state index contributed by atoms with van der Waals surface area (Å²) in [6.45, 7) is 0. The van der Waals surface area contributed by atoms with Gasteiger partial charge in [-0.15, -0.1) is 12.6 Å². The summed E-state index contributed by atoms with van der Waals surface area (Å²) in [6.07, 6.45) is 1.91. The Kier molecular flexibility index (Phi) is 6.86. The number of thiol groups is 1. The molecular weight excluding hydrogens is 401 g/mol. The first-order valence-electron chi connectivity index (χ1n) is 7.85. The molecule has 0 bridgehead atoms. The van der Waals surface area contributed by atoms with Gasteiger partial charge in [-0.25, -0.2) is 4.99 Å². The molecule has 0 spiro atoms. The van der Waals surface area contributed by atoms with E-state index in [0.29, 0.717) is 15.1 Å². The number of para-hydroxylation sites is 1. The van der Waals surface area contributed by atoms with Gasteiger partial charge < -0.3 is 0 Å². The lowest BCUT2D eigenvalue weighted by molar-refractivity contribution is 1.47. The van der Waals surface area contributed by atoms with Crippen molar-refractivity contribution in [2.75, 3.05) is 0 Å². The number of thioether (sulfide) groups is 1. The van der Waals surface area contributed by atoms with E-state index >= 15 is 0 Å². The first-order chi connectivity index (χ1) is 12.6. The highest BCUT2D eigenvalue weighted by atomic mass is 35.5. The monoisotopic (exact) mass is 415 g/mol. The molecule has 26 heavy (non-hydrogen) atoms. The predicted octanol–water partition coefficient (Wildman–Crippen LogP) is 7.79. The first-order valence-corrected chi connectivity index (χ1v) is 9.87. The number of benzene rings is 3. The molecule has 0 aliphatic heterocycles. The van der Waals surface area contributed by atoms with E-state index in [0.717, 1.165) is 21.1 Å². The Labute approximate surface area is 173 Å². The van der Waals surface area contributed by atoms with Gasteiger partial charge in [0.2, 0.25) is 0 Å². The van der Waals surface area contributed by atoms with Crippen molar-refractivity contribution in [3.05, 3.63) is 101 Å². The van der Waals surface area contributed by atoms with Gasteiger partial charge in [-0.1, -0.05) is 83.5 Å². The number of rotatable bonds is 5. The highest BCUT2D eigenvalue weighted by molar-refractivity contribution is 8.08. The lowest BCUT2D eigenvalue weighted by Gasteiger charge is -2.11. The summed E-state index contributed by atoms with van der Waals surface area (Å²) in [6, 6.07) is 25.4. The van der Waals surface area contributed by atoms with E-state index in [4.69, 9.17) is 23.2 Å². The molecule has 0 amide bonds. The summed E-state index contributed by atoms with van der Waals surface area (Å²) < 4.78 is 0. The summed E-state index contributed by atoms with van der Waals surface area (Å²) in [5.74, 6) is 0. The molecule has 1 nitrogen and oxygen atoms in total. The van der Waals surface area contributed by atoms with Gasteiger partial charge in [0.15, 0.2) is 0 Å². The second-order valence-electron chi connectivity index (χ2n) is 5.33. The van der Waals surface area contributed by atoms with E-state index < -0.39 is 0 Å². The van der Waals surface area contributed by atoms with Crippen molar-refractivity contribution >= 4 is 63.2 Å². The Morgan fingerprint density at radius 2 is 1.50 bits per heavy atom. The van der Waals surface area contributed by atoms with Gasteiger partial charge >= 0.3 is 0 Å². The molecule has 0 N–H and O–H groups in total. The molecule has 0 aliphatic rings. The van der Waals surface area contributed by atoms with Crippen molar-refractivity contribution in [1.29, 1.82) is 0 Å². The van der Waals surface area contributed by atoms with Crippen LogP contribution in [-0.4, -0.2) is 5.04 Å². The maximum atomic E-state index is 6.45. The van der Waals surface area contributed by atoms with Gasteiger partial charge in [0.05, 0.1) is 20.8 Å². The molecule has 130 valence electrons. The third-order valence-electron chi connectivity index (χ3n) is 3.45. The fraction of sp³-hybridized carbons (Fsp3) is 0. The number of hydrogen-bond acceptors (Lipinski definition) is 2. The van der Waals surface area contributed by atoms with E-state index in [1.54, 1.807) is 17.8 Å². The van der Waals surface area contributed by atoms with Crippen LogP contribution in [0, 0.1) is 0 Å². The topological polar surface area (TPSA) is 12.4 Å². The molecule has 3 aromatic carbocycles. The molecule has 0 aliphatic carbocycles. The molecule has 0 fully saturated rings. The average Bonchev–Trinajstić information content (AvgIpc) is 2.65. The molecule has 0 atom stereocenters. The first kappa shape index (κ1) is 19.1. The molecule has 0 saturated carbocycles. The smallest absolute Gasteiger partial charge is 0.0948 e. The largest absolute Gasteiger partial charge is 0.242 e. The van der Waals surface area contributed by atoms with E-state index in [1.165, 1.54) is 0 Å². The van der Waals surface area contributed by atoms with Gasteiger partial charge in [0.1, 0.15) is 0 Å². The van der Waals surface area contributed by atoms with Crippen LogP contribution in [0.2, 0.25) is 10.0 Å². The van der Waals surface area contributed by atoms with Crippen molar-refractivity contribution in [3.63, 3.8) is 0 Å². The minimum absolute atomic E-state index is 0.518. The van der Waals surface area contributed by atoms with Crippen LogP contribution in [0.5, 0.6) is 0 Å². The number of hydrogen-bond donors (Lipinski definition) is 1. The third kappa shape index (κ3) is 5.18. The molecule has 0 saturated heterocycles. The average molecular weight is 416 g/mol. The van der Waals surface area contributed by atoms with Gasteiger partial charge in [0.25, 0.3) is 0 Å². The normalized spacial score (nSPS) is 12.3.